The number of furan rings is 1. The number of carbonyl (C=O) groups excluding carboxylic acids is 2. The van der Waals surface area contributed by atoms with Gasteiger partial charge in [-0.15, -0.1) is 0 Å². The van der Waals surface area contributed by atoms with Crippen LogP contribution in [0.3, 0.4) is 0 Å². The van der Waals surface area contributed by atoms with Crippen LogP contribution < -0.4 is 5.32 Å². The Labute approximate surface area is 141 Å². The summed E-state index contributed by atoms with van der Waals surface area (Å²) in [5, 5.41) is 3.28. The SMILES string of the molecule is CCOC(=O)C1=C(C)NC2=C(C(=O)CC(C)(C)C2)[C@H]1c1ccco1. The van der Waals surface area contributed by atoms with E-state index in [4.69, 9.17) is 9.15 Å². The minimum absolute atomic E-state index is 0.0597. The zero-order valence-electron chi connectivity index (χ0n) is 14.6. The molecule has 1 aliphatic carbocycles. The molecule has 5 heteroatoms. The number of dihydropyridines is 1. The standard InChI is InChI=1S/C19H23NO4/c1-5-23-18(22)15-11(2)20-12-9-19(3,4)10-13(21)16(12)17(15)14-7-6-8-24-14/h6-8,17,20H,5,9-10H2,1-4H3/t17-/m0/s1. The Bertz CT molecular complexity index is 737. The van der Waals surface area contributed by atoms with Crippen LogP contribution in [0.2, 0.25) is 0 Å². The van der Waals surface area contributed by atoms with Crippen LogP contribution in [0.15, 0.2) is 45.4 Å². The van der Waals surface area contributed by atoms with Crippen LogP contribution in [0.5, 0.6) is 0 Å². The van der Waals surface area contributed by atoms with Crippen LogP contribution in [0, 0.1) is 5.41 Å². The number of allylic oxidation sites excluding steroid dienone is 3. The highest BCUT2D eigenvalue weighted by Gasteiger charge is 2.44. The lowest BCUT2D eigenvalue weighted by Crippen LogP contribution is -2.38. The number of rotatable bonds is 3. The summed E-state index contributed by atoms with van der Waals surface area (Å²) in [6.45, 7) is 8.06. The van der Waals surface area contributed by atoms with Crippen LogP contribution in [-0.2, 0) is 14.3 Å². The van der Waals surface area contributed by atoms with Crippen LogP contribution >= 0.6 is 0 Å². The van der Waals surface area contributed by atoms with Crippen molar-refractivity contribution in [2.45, 2.75) is 46.5 Å². The molecule has 3 rings (SSSR count). The number of hydrogen-bond donors (Lipinski definition) is 1. The first-order valence-electron chi connectivity index (χ1n) is 8.28. The first kappa shape index (κ1) is 16.6. The smallest absolute Gasteiger partial charge is 0.336 e. The molecule has 1 aliphatic heterocycles. The van der Waals surface area contributed by atoms with E-state index < -0.39 is 11.9 Å². The van der Waals surface area contributed by atoms with Gasteiger partial charge in [0, 0.05) is 23.4 Å². The Morgan fingerprint density at radius 3 is 2.79 bits per heavy atom. The monoisotopic (exact) mass is 329 g/mol. The predicted octanol–water partition coefficient (Wildman–Crippen LogP) is 3.45. The lowest BCUT2D eigenvalue weighted by atomic mass is 9.69. The van der Waals surface area contributed by atoms with Crippen molar-refractivity contribution in [2.24, 2.45) is 5.41 Å². The molecule has 0 saturated heterocycles. The highest BCUT2D eigenvalue weighted by atomic mass is 16.5. The van der Waals surface area contributed by atoms with Crippen LogP contribution in [0.25, 0.3) is 0 Å². The maximum Gasteiger partial charge on any atom is 0.336 e. The molecule has 1 aromatic heterocycles. The van der Waals surface area contributed by atoms with Crippen molar-refractivity contribution >= 4 is 11.8 Å². The number of nitrogens with one attached hydrogen (secondary N) is 1. The summed E-state index contributed by atoms with van der Waals surface area (Å²) in [4.78, 5) is 25.4. The zero-order chi connectivity index (χ0) is 17.5. The Hall–Kier alpha value is -2.30. The highest BCUT2D eigenvalue weighted by molar-refractivity contribution is 6.03. The molecule has 0 amide bonds. The zero-order valence-corrected chi connectivity index (χ0v) is 14.6. The van der Waals surface area contributed by atoms with Gasteiger partial charge < -0.3 is 14.5 Å². The molecule has 2 aliphatic rings. The molecule has 1 atom stereocenters. The van der Waals surface area contributed by atoms with Crippen molar-refractivity contribution in [1.29, 1.82) is 0 Å². The predicted molar refractivity (Wildman–Crippen MR) is 89.0 cm³/mol. The fourth-order valence-corrected chi connectivity index (χ4v) is 3.66. The maximum atomic E-state index is 12.9. The summed E-state index contributed by atoms with van der Waals surface area (Å²) >= 11 is 0. The molecule has 1 N–H and O–H groups in total. The maximum absolute atomic E-state index is 12.9. The number of hydrogen-bond acceptors (Lipinski definition) is 5. The summed E-state index contributed by atoms with van der Waals surface area (Å²) in [7, 11) is 0. The van der Waals surface area contributed by atoms with E-state index in [9.17, 15) is 9.59 Å². The van der Waals surface area contributed by atoms with Gasteiger partial charge in [-0.05, 0) is 37.8 Å². The number of Topliss-reactive ketones (excluding diaryl/α,β-unsaturated/α-hetero) is 1. The van der Waals surface area contributed by atoms with Crippen molar-refractivity contribution in [3.8, 4) is 0 Å². The van der Waals surface area contributed by atoms with Crippen LogP contribution in [0.1, 0.15) is 52.2 Å². The van der Waals surface area contributed by atoms with E-state index in [-0.39, 0.29) is 17.8 Å². The van der Waals surface area contributed by atoms with Gasteiger partial charge in [0.1, 0.15) is 5.76 Å². The second-order valence-electron chi connectivity index (χ2n) is 7.17. The van der Waals surface area contributed by atoms with Gasteiger partial charge in [-0.2, -0.15) is 0 Å². The minimum atomic E-state index is -0.501. The van der Waals surface area contributed by atoms with E-state index in [1.807, 2.05) is 6.92 Å². The summed E-state index contributed by atoms with van der Waals surface area (Å²) in [5.41, 5.74) is 2.61. The Balaban J connectivity index is 2.14. The molecular weight excluding hydrogens is 306 g/mol. The third kappa shape index (κ3) is 2.79. The second-order valence-corrected chi connectivity index (χ2v) is 7.17. The van der Waals surface area contributed by atoms with Gasteiger partial charge in [-0.3, -0.25) is 4.79 Å². The number of carbonyl (C=O) groups is 2. The van der Waals surface area contributed by atoms with E-state index in [2.05, 4.69) is 19.2 Å². The molecule has 0 radical (unpaired) electrons. The van der Waals surface area contributed by atoms with E-state index in [0.29, 0.717) is 23.3 Å². The topological polar surface area (TPSA) is 68.5 Å². The molecule has 0 unspecified atom stereocenters. The lowest BCUT2D eigenvalue weighted by Gasteiger charge is -2.38. The van der Waals surface area contributed by atoms with Crippen LogP contribution in [-0.4, -0.2) is 18.4 Å². The Morgan fingerprint density at radius 2 is 2.17 bits per heavy atom. The fraction of sp³-hybridized carbons (Fsp3) is 0.474. The van der Waals surface area contributed by atoms with Crippen LogP contribution in [0.4, 0.5) is 0 Å². The van der Waals surface area contributed by atoms with Crippen molar-refractivity contribution in [3.05, 3.63) is 46.7 Å². The number of esters is 1. The molecule has 0 aromatic carbocycles. The van der Waals surface area contributed by atoms with Gasteiger partial charge in [0.2, 0.25) is 0 Å². The van der Waals surface area contributed by atoms with E-state index in [1.165, 1.54) is 0 Å². The molecule has 0 spiro atoms. The first-order chi connectivity index (χ1) is 11.3. The lowest BCUT2D eigenvalue weighted by molar-refractivity contribution is -0.138. The summed E-state index contributed by atoms with van der Waals surface area (Å²) in [6, 6.07) is 3.58. The average Bonchev–Trinajstić information content (AvgIpc) is 2.98. The largest absolute Gasteiger partial charge is 0.468 e. The fourth-order valence-electron chi connectivity index (χ4n) is 3.66. The Morgan fingerprint density at radius 1 is 1.42 bits per heavy atom. The average molecular weight is 329 g/mol. The van der Waals surface area contributed by atoms with Crippen molar-refractivity contribution in [2.75, 3.05) is 6.61 Å². The molecule has 0 bridgehead atoms. The number of ether oxygens (including phenoxy) is 1. The van der Waals surface area contributed by atoms with Gasteiger partial charge in [0.05, 0.1) is 24.4 Å². The van der Waals surface area contributed by atoms with Gasteiger partial charge in [0.15, 0.2) is 5.78 Å². The van der Waals surface area contributed by atoms with E-state index in [1.54, 1.807) is 25.3 Å². The van der Waals surface area contributed by atoms with Crippen molar-refractivity contribution in [3.63, 3.8) is 0 Å². The molecule has 24 heavy (non-hydrogen) atoms. The van der Waals surface area contributed by atoms with Crippen molar-refractivity contribution in [1.82, 2.24) is 5.32 Å². The normalized spacial score (nSPS) is 23.0. The molecule has 5 nitrogen and oxygen atoms in total. The van der Waals surface area contributed by atoms with E-state index in [0.717, 1.165) is 17.8 Å². The molecule has 0 fully saturated rings. The van der Waals surface area contributed by atoms with E-state index >= 15 is 0 Å². The minimum Gasteiger partial charge on any atom is -0.468 e. The summed E-state index contributed by atoms with van der Waals surface area (Å²) < 4.78 is 10.8. The second kappa shape index (κ2) is 5.96. The molecule has 128 valence electrons. The molecular formula is C19H23NO4. The van der Waals surface area contributed by atoms with Gasteiger partial charge in [-0.25, -0.2) is 4.79 Å². The summed E-state index contributed by atoms with van der Waals surface area (Å²) in [5.74, 6) is -0.254. The Kier molecular flexibility index (Phi) is 4.11. The summed E-state index contributed by atoms with van der Waals surface area (Å²) in [6.07, 6.45) is 2.78. The molecule has 2 heterocycles. The van der Waals surface area contributed by atoms with Gasteiger partial charge in [0.25, 0.3) is 0 Å². The number of ketones is 1. The molecule has 0 saturated carbocycles. The van der Waals surface area contributed by atoms with Crippen molar-refractivity contribution < 1.29 is 18.7 Å². The third-order valence-electron chi connectivity index (χ3n) is 4.56. The third-order valence-corrected chi connectivity index (χ3v) is 4.56. The van der Waals surface area contributed by atoms with Gasteiger partial charge in [-0.1, -0.05) is 13.8 Å². The first-order valence-corrected chi connectivity index (χ1v) is 8.28. The highest BCUT2D eigenvalue weighted by Crippen LogP contribution is 2.46. The van der Waals surface area contributed by atoms with Gasteiger partial charge >= 0.3 is 5.97 Å². The quantitative estimate of drug-likeness (QED) is 0.860. The molecule has 1 aromatic rings.